The highest BCUT2D eigenvalue weighted by atomic mass is 16.1. The Morgan fingerprint density at radius 1 is 0.935 bits per heavy atom. The second-order valence-corrected chi connectivity index (χ2v) is 7.45. The molecule has 5 rings (SSSR count). The van der Waals surface area contributed by atoms with E-state index in [0.717, 1.165) is 22.4 Å². The number of carbonyl (C=O) groups is 1. The van der Waals surface area contributed by atoms with E-state index < -0.39 is 0 Å². The van der Waals surface area contributed by atoms with Crippen LogP contribution in [0.2, 0.25) is 0 Å². The van der Waals surface area contributed by atoms with E-state index in [-0.39, 0.29) is 17.9 Å². The van der Waals surface area contributed by atoms with Crippen molar-refractivity contribution in [2.24, 2.45) is 0 Å². The summed E-state index contributed by atoms with van der Waals surface area (Å²) in [5.74, 6) is 0.599. The third-order valence-electron chi connectivity index (χ3n) is 5.23. The van der Waals surface area contributed by atoms with Crippen LogP contribution in [0.25, 0.3) is 5.70 Å². The molecule has 1 aromatic heterocycles. The normalized spacial score (nSPS) is 14.9. The van der Waals surface area contributed by atoms with Crippen LogP contribution in [0.1, 0.15) is 33.1 Å². The van der Waals surface area contributed by atoms with E-state index in [2.05, 4.69) is 38.9 Å². The third kappa shape index (κ3) is 3.83. The maximum Gasteiger partial charge on any atom is 0.258 e. The van der Waals surface area contributed by atoms with Crippen molar-refractivity contribution in [2.75, 3.05) is 10.6 Å². The van der Waals surface area contributed by atoms with E-state index in [1.54, 1.807) is 16.8 Å². The number of nitrogens with one attached hydrogen (secondary N) is 2. The van der Waals surface area contributed by atoms with E-state index >= 15 is 0 Å². The minimum absolute atomic E-state index is 0.148. The Morgan fingerprint density at radius 2 is 1.61 bits per heavy atom. The smallest absolute Gasteiger partial charge is 0.258 e. The van der Waals surface area contributed by atoms with Crippen LogP contribution in [0, 0.1) is 6.92 Å². The lowest BCUT2D eigenvalue weighted by Crippen LogP contribution is -2.20. The Hall–Kier alpha value is -4.19. The largest absolute Gasteiger partial charge is 0.324 e. The number of nitrogens with zero attached hydrogens (tertiary/aromatic N) is 3. The second-order valence-electron chi connectivity index (χ2n) is 7.45. The van der Waals surface area contributed by atoms with Crippen LogP contribution in [-0.4, -0.2) is 20.7 Å². The van der Waals surface area contributed by atoms with Crippen LogP contribution in [-0.2, 0) is 0 Å². The molecule has 0 saturated heterocycles. The molecule has 0 radical (unpaired) electrons. The molecule has 0 saturated carbocycles. The number of allylic oxidation sites excluding steroid dienone is 1. The highest BCUT2D eigenvalue weighted by molar-refractivity contribution is 6.03. The van der Waals surface area contributed by atoms with Gasteiger partial charge in [-0.15, -0.1) is 5.10 Å². The van der Waals surface area contributed by atoms with Crippen LogP contribution in [0.5, 0.6) is 0 Å². The first-order chi connectivity index (χ1) is 15.2. The zero-order chi connectivity index (χ0) is 21.2. The Bertz CT molecular complexity index is 1240. The maximum atomic E-state index is 12.6. The van der Waals surface area contributed by atoms with Gasteiger partial charge in [0.1, 0.15) is 6.04 Å². The number of anilines is 2. The van der Waals surface area contributed by atoms with E-state index in [1.165, 1.54) is 0 Å². The Morgan fingerprint density at radius 3 is 2.32 bits per heavy atom. The molecule has 2 heterocycles. The number of benzene rings is 3. The molecule has 0 aliphatic carbocycles. The average molecular weight is 407 g/mol. The van der Waals surface area contributed by atoms with Gasteiger partial charge < -0.3 is 5.32 Å². The van der Waals surface area contributed by atoms with Crippen molar-refractivity contribution in [1.82, 2.24) is 14.8 Å². The lowest BCUT2D eigenvalue weighted by molar-refractivity contribution is 0.102. The molecule has 6 heteroatoms. The van der Waals surface area contributed by atoms with Gasteiger partial charge in [-0.3, -0.25) is 10.1 Å². The molecule has 1 aliphatic heterocycles. The highest BCUT2D eigenvalue weighted by Gasteiger charge is 2.25. The lowest BCUT2D eigenvalue weighted by Gasteiger charge is -2.24. The number of aryl methyl sites for hydroxylation is 1. The number of aromatic nitrogens is 3. The summed E-state index contributed by atoms with van der Waals surface area (Å²) in [6.07, 6.45) is 2.12. The average Bonchev–Trinajstić information content (AvgIpc) is 3.22. The van der Waals surface area contributed by atoms with Crippen molar-refractivity contribution < 1.29 is 4.79 Å². The fourth-order valence-corrected chi connectivity index (χ4v) is 3.60. The lowest BCUT2D eigenvalue weighted by atomic mass is 10.0. The molecule has 1 amide bonds. The first-order valence-corrected chi connectivity index (χ1v) is 10.1. The van der Waals surface area contributed by atoms with Gasteiger partial charge in [0.2, 0.25) is 5.95 Å². The number of fused-ring (bicyclic) bond motifs is 1. The summed E-state index contributed by atoms with van der Waals surface area (Å²) in [6.45, 7) is 1.99. The van der Waals surface area contributed by atoms with Gasteiger partial charge in [0.05, 0.1) is 0 Å². The predicted octanol–water partition coefficient (Wildman–Crippen LogP) is 4.89. The molecular weight excluding hydrogens is 386 g/mol. The summed E-state index contributed by atoms with van der Waals surface area (Å²) in [5, 5.41) is 10.8. The number of carbonyl (C=O) groups excluding carboxylic acids is 1. The number of rotatable bonds is 4. The van der Waals surface area contributed by atoms with Gasteiger partial charge in [0, 0.05) is 11.3 Å². The first-order valence-electron chi connectivity index (χ1n) is 10.1. The quantitative estimate of drug-likeness (QED) is 0.505. The molecule has 31 heavy (non-hydrogen) atoms. The summed E-state index contributed by atoms with van der Waals surface area (Å²) in [7, 11) is 0. The molecule has 2 N–H and O–H groups in total. The van der Waals surface area contributed by atoms with Crippen molar-refractivity contribution in [1.29, 1.82) is 0 Å². The Balaban J connectivity index is 1.49. The van der Waals surface area contributed by atoms with Crippen LogP contribution < -0.4 is 10.6 Å². The third-order valence-corrected chi connectivity index (χ3v) is 5.23. The Kier molecular flexibility index (Phi) is 4.80. The first kappa shape index (κ1) is 18.8. The summed E-state index contributed by atoms with van der Waals surface area (Å²) < 4.78 is 1.80. The molecule has 0 unspecified atom stereocenters. The number of hydrogen-bond donors (Lipinski definition) is 2. The van der Waals surface area contributed by atoms with E-state index in [4.69, 9.17) is 0 Å². The summed E-state index contributed by atoms with van der Waals surface area (Å²) >= 11 is 0. The fraction of sp³-hybridized carbons (Fsp3) is 0.0800. The van der Waals surface area contributed by atoms with Gasteiger partial charge in [-0.2, -0.15) is 4.98 Å². The van der Waals surface area contributed by atoms with Crippen LogP contribution >= 0.6 is 0 Å². The molecule has 0 fully saturated rings. The van der Waals surface area contributed by atoms with Crippen LogP contribution in [0.15, 0.2) is 91.0 Å². The highest BCUT2D eigenvalue weighted by Crippen LogP contribution is 2.33. The van der Waals surface area contributed by atoms with E-state index in [1.807, 2.05) is 67.6 Å². The Labute approximate surface area is 180 Å². The van der Waals surface area contributed by atoms with Crippen LogP contribution in [0.4, 0.5) is 11.9 Å². The van der Waals surface area contributed by atoms with Crippen molar-refractivity contribution in [2.45, 2.75) is 13.0 Å². The van der Waals surface area contributed by atoms with Crippen molar-refractivity contribution in [3.05, 3.63) is 113 Å². The summed E-state index contributed by atoms with van der Waals surface area (Å²) in [4.78, 5) is 17.2. The molecule has 0 spiro atoms. The second kappa shape index (κ2) is 7.91. The maximum absolute atomic E-state index is 12.6. The van der Waals surface area contributed by atoms with E-state index in [0.29, 0.717) is 11.5 Å². The van der Waals surface area contributed by atoms with Gasteiger partial charge in [0.15, 0.2) is 0 Å². The molecule has 1 atom stereocenters. The van der Waals surface area contributed by atoms with Gasteiger partial charge in [-0.1, -0.05) is 78.4 Å². The van der Waals surface area contributed by atoms with Gasteiger partial charge in [-0.25, -0.2) is 4.68 Å². The zero-order valence-electron chi connectivity index (χ0n) is 17.0. The minimum Gasteiger partial charge on any atom is -0.324 e. The van der Waals surface area contributed by atoms with Gasteiger partial charge in [-0.05, 0) is 36.3 Å². The fourth-order valence-electron chi connectivity index (χ4n) is 3.60. The number of hydrogen-bond acceptors (Lipinski definition) is 4. The molecule has 0 bridgehead atoms. The summed E-state index contributed by atoms with van der Waals surface area (Å²) in [5.41, 5.74) is 4.75. The number of amides is 1. The molecule has 3 aromatic carbocycles. The van der Waals surface area contributed by atoms with Crippen molar-refractivity contribution in [3.8, 4) is 0 Å². The van der Waals surface area contributed by atoms with Crippen molar-refractivity contribution in [3.63, 3.8) is 0 Å². The SMILES string of the molecule is Cc1ccc(C(=O)Nc2nc3n(n2)[C@H](c2ccccc2)C=C(c2ccccc2)N3)cc1. The summed E-state index contributed by atoms with van der Waals surface area (Å²) in [6, 6.07) is 27.5. The van der Waals surface area contributed by atoms with Gasteiger partial charge in [0.25, 0.3) is 11.9 Å². The molecule has 4 aromatic rings. The predicted molar refractivity (Wildman–Crippen MR) is 122 cm³/mol. The topological polar surface area (TPSA) is 71.8 Å². The van der Waals surface area contributed by atoms with Gasteiger partial charge >= 0.3 is 0 Å². The molecule has 1 aliphatic rings. The standard InChI is InChI=1S/C25H21N5O/c1-17-12-14-20(15-13-17)23(31)27-24-28-25-26-21(18-8-4-2-5-9-18)16-22(30(25)29-24)19-10-6-3-7-11-19/h2-16,22H,1H3,(H2,26,27,28,29,31)/t22-/m0/s1. The van der Waals surface area contributed by atoms with Crippen LogP contribution in [0.3, 0.4) is 0 Å². The van der Waals surface area contributed by atoms with Crippen molar-refractivity contribution >= 4 is 23.5 Å². The molecule has 6 nitrogen and oxygen atoms in total. The monoisotopic (exact) mass is 407 g/mol. The molecule has 152 valence electrons. The minimum atomic E-state index is -0.240. The zero-order valence-corrected chi connectivity index (χ0v) is 17.0. The molecular formula is C25H21N5O. The van der Waals surface area contributed by atoms with E-state index in [9.17, 15) is 4.79 Å².